The first-order valence-electron chi connectivity index (χ1n) is 8.46. The Morgan fingerprint density at radius 3 is 2.96 bits per heavy atom. The predicted molar refractivity (Wildman–Crippen MR) is 99.6 cm³/mol. The molecule has 0 bridgehead atoms. The minimum Gasteiger partial charge on any atom is -0.438 e. The number of carbonyl (C=O) groups excluding carboxylic acids is 1. The van der Waals surface area contributed by atoms with Crippen molar-refractivity contribution in [2.75, 3.05) is 13.1 Å². The lowest BCUT2D eigenvalue weighted by Gasteiger charge is -2.31. The van der Waals surface area contributed by atoms with Crippen molar-refractivity contribution in [3.8, 4) is 5.19 Å². The first kappa shape index (κ1) is 19.3. The van der Waals surface area contributed by atoms with Gasteiger partial charge in [-0.25, -0.2) is 4.98 Å². The SMILES string of the molecule is C=CCCCCNC(=O)c1cnc(OC2CN(C(C)(C)C)C(=C)O2)s1. The number of hydrogen-bond acceptors (Lipinski definition) is 6. The van der Waals surface area contributed by atoms with Gasteiger partial charge in [-0.05, 0) is 46.6 Å². The van der Waals surface area contributed by atoms with Crippen LogP contribution in [0.4, 0.5) is 0 Å². The summed E-state index contributed by atoms with van der Waals surface area (Å²) in [6, 6.07) is 0. The molecule has 1 atom stereocenters. The number of nitrogens with one attached hydrogen (secondary N) is 1. The van der Waals surface area contributed by atoms with Crippen molar-refractivity contribution in [1.82, 2.24) is 15.2 Å². The molecule has 1 aliphatic rings. The molecule has 138 valence electrons. The second kappa shape index (κ2) is 8.38. The van der Waals surface area contributed by atoms with Crippen LogP contribution in [-0.2, 0) is 4.74 Å². The quantitative estimate of drug-likeness (QED) is 0.564. The standard InChI is InChI=1S/C18H27N3O3S/c1-6-7-8-9-10-19-16(22)14-11-20-17(25-14)24-15-12-21(13(2)23-15)18(3,4)5/h6,11,15H,1-2,7-10,12H2,3-5H3,(H,19,22). The van der Waals surface area contributed by atoms with Gasteiger partial charge in [0, 0.05) is 12.1 Å². The van der Waals surface area contributed by atoms with Crippen LogP contribution in [0.5, 0.6) is 5.19 Å². The van der Waals surface area contributed by atoms with Crippen LogP contribution in [0.1, 0.15) is 49.7 Å². The van der Waals surface area contributed by atoms with Gasteiger partial charge in [0.25, 0.3) is 17.4 Å². The van der Waals surface area contributed by atoms with Gasteiger partial charge in [-0.15, -0.1) is 6.58 Å². The molecule has 2 rings (SSSR count). The number of nitrogens with zero attached hydrogens (tertiary/aromatic N) is 2. The maximum Gasteiger partial charge on any atom is 0.277 e. The van der Waals surface area contributed by atoms with Crippen LogP contribution < -0.4 is 10.1 Å². The smallest absolute Gasteiger partial charge is 0.277 e. The highest BCUT2D eigenvalue weighted by atomic mass is 32.1. The normalized spacial score (nSPS) is 17.3. The topological polar surface area (TPSA) is 63.7 Å². The van der Waals surface area contributed by atoms with E-state index in [4.69, 9.17) is 9.47 Å². The summed E-state index contributed by atoms with van der Waals surface area (Å²) in [6.45, 7) is 15.1. The number of amides is 1. The van der Waals surface area contributed by atoms with Crippen LogP contribution in [0, 0.1) is 0 Å². The van der Waals surface area contributed by atoms with E-state index < -0.39 is 6.29 Å². The number of unbranched alkanes of at least 4 members (excludes halogenated alkanes) is 2. The van der Waals surface area contributed by atoms with Gasteiger partial charge in [-0.2, -0.15) is 0 Å². The summed E-state index contributed by atoms with van der Waals surface area (Å²) < 4.78 is 11.4. The van der Waals surface area contributed by atoms with Crippen LogP contribution in [0.3, 0.4) is 0 Å². The van der Waals surface area contributed by atoms with Crippen LogP contribution in [-0.4, -0.2) is 40.7 Å². The van der Waals surface area contributed by atoms with Gasteiger partial charge in [0.2, 0.25) is 0 Å². The fourth-order valence-corrected chi connectivity index (χ4v) is 3.16. The second-order valence-electron chi connectivity index (χ2n) is 6.87. The molecule has 25 heavy (non-hydrogen) atoms. The molecule has 0 saturated carbocycles. The molecule has 1 aromatic rings. The number of thiazole rings is 1. The summed E-state index contributed by atoms with van der Waals surface area (Å²) in [5, 5.41) is 3.31. The Morgan fingerprint density at radius 1 is 1.56 bits per heavy atom. The van der Waals surface area contributed by atoms with Crippen LogP contribution >= 0.6 is 11.3 Å². The Balaban J connectivity index is 1.82. The average Bonchev–Trinajstić information content (AvgIpc) is 3.13. The Bertz CT molecular complexity index is 621. The van der Waals surface area contributed by atoms with Crippen molar-refractivity contribution in [2.45, 2.75) is 51.9 Å². The summed E-state index contributed by atoms with van der Waals surface area (Å²) in [5.74, 6) is 0.463. The van der Waals surface area contributed by atoms with E-state index >= 15 is 0 Å². The number of aromatic nitrogens is 1. The molecule has 0 spiro atoms. The predicted octanol–water partition coefficient (Wildman–Crippen LogP) is 3.54. The van der Waals surface area contributed by atoms with Gasteiger partial charge < -0.3 is 19.7 Å². The fraction of sp³-hybridized carbons (Fsp3) is 0.556. The molecule has 0 radical (unpaired) electrons. The highest BCUT2D eigenvalue weighted by Crippen LogP contribution is 2.30. The maximum absolute atomic E-state index is 12.1. The molecule has 0 aliphatic carbocycles. The van der Waals surface area contributed by atoms with Gasteiger partial charge >= 0.3 is 0 Å². The lowest BCUT2D eigenvalue weighted by molar-refractivity contribution is -0.00479. The number of allylic oxidation sites excluding steroid dienone is 1. The van der Waals surface area contributed by atoms with E-state index in [0.717, 1.165) is 19.3 Å². The van der Waals surface area contributed by atoms with E-state index in [-0.39, 0.29) is 11.4 Å². The number of carbonyl (C=O) groups is 1. The first-order valence-corrected chi connectivity index (χ1v) is 9.27. The minimum atomic E-state index is -0.465. The van der Waals surface area contributed by atoms with E-state index in [1.165, 1.54) is 17.5 Å². The third-order valence-corrected chi connectivity index (χ3v) is 4.66. The van der Waals surface area contributed by atoms with Gasteiger partial charge in [0.05, 0.1) is 12.7 Å². The molecule has 1 unspecified atom stereocenters. The van der Waals surface area contributed by atoms with Gasteiger partial charge in [0.15, 0.2) is 5.88 Å². The van der Waals surface area contributed by atoms with Crippen molar-refractivity contribution >= 4 is 17.2 Å². The highest BCUT2D eigenvalue weighted by Gasteiger charge is 2.35. The van der Waals surface area contributed by atoms with Crippen molar-refractivity contribution in [3.63, 3.8) is 0 Å². The first-order chi connectivity index (χ1) is 11.8. The summed E-state index contributed by atoms with van der Waals surface area (Å²) in [5.41, 5.74) is -0.0886. The van der Waals surface area contributed by atoms with E-state index in [2.05, 4.69) is 44.2 Å². The molecule has 2 heterocycles. The second-order valence-corrected chi connectivity index (χ2v) is 7.86. The summed E-state index contributed by atoms with van der Waals surface area (Å²) in [6.07, 6.45) is 5.87. The largest absolute Gasteiger partial charge is 0.438 e. The average molecular weight is 365 g/mol. The van der Waals surface area contributed by atoms with E-state index in [1.807, 2.05) is 11.0 Å². The molecule has 1 N–H and O–H groups in total. The Kier molecular flexibility index (Phi) is 6.47. The molecule has 6 nitrogen and oxygen atoms in total. The zero-order valence-corrected chi connectivity index (χ0v) is 16.0. The lowest BCUT2D eigenvalue weighted by atomic mass is 10.1. The number of hydrogen-bond donors (Lipinski definition) is 1. The van der Waals surface area contributed by atoms with Crippen LogP contribution in [0.2, 0.25) is 0 Å². The third-order valence-electron chi connectivity index (χ3n) is 3.77. The summed E-state index contributed by atoms with van der Waals surface area (Å²) >= 11 is 1.22. The van der Waals surface area contributed by atoms with Crippen molar-refractivity contribution < 1.29 is 14.3 Å². The van der Waals surface area contributed by atoms with Gasteiger partial charge in [-0.3, -0.25) is 4.79 Å². The summed E-state index contributed by atoms with van der Waals surface area (Å²) in [4.78, 5) is 18.8. The molecule has 1 aromatic heterocycles. The number of ether oxygens (including phenoxy) is 2. The molecule has 1 saturated heterocycles. The van der Waals surface area contributed by atoms with Gasteiger partial charge in [-0.1, -0.05) is 17.4 Å². The van der Waals surface area contributed by atoms with E-state index in [9.17, 15) is 4.79 Å². The van der Waals surface area contributed by atoms with E-state index in [1.54, 1.807) is 0 Å². The maximum atomic E-state index is 12.1. The van der Waals surface area contributed by atoms with Crippen molar-refractivity contribution in [2.24, 2.45) is 0 Å². The number of rotatable bonds is 8. The van der Waals surface area contributed by atoms with Crippen molar-refractivity contribution in [1.29, 1.82) is 0 Å². The molecule has 1 aliphatic heterocycles. The molecule has 0 aromatic carbocycles. The zero-order valence-electron chi connectivity index (χ0n) is 15.2. The van der Waals surface area contributed by atoms with Gasteiger partial charge in [0.1, 0.15) is 4.88 Å². The molecule has 1 fully saturated rings. The third kappa shape index (κ3) is 5.49. The summed E-state index contributed by atoms with van der Waals surface area (Å²) in [7, 11) is 0. The lowest BCUT2D eigenvalue weighted by Crippen LogP contribution is -2.39. The Morgan fingerprint density at radius 2 is 2.32 bits per heavy atom. The Hall–Kier alpha value is -2.02. The minimum absolute atomic E-state index is 0.0886. The molecule has 7 heteroatoms. The monoisotopic (exact) mass is 365 g/mol. The molecular weight excluding hydrogens is 338 g/mol. The highest BCUT2D eigenvalue weighted by molar-refractivity contribution is 7.15. The van der Waals surface area contributed by atoms with Crippen molar-refractivity contribution in [3.05, 3.63) is 36.2 Å². The van der Waals surface area contributed by atoms with Crippen LogP contribution in [0.25, 0.3) is 0 Å². The zero-order chi connectivity index (χ0) is 18.4. The fourth-order valence-electron chi connectivity index (χ4n) is 2.45. The van der Waals surface area contributed by atoms with E-state index in [0.29, 0.717) is 29.0 Å². The van der Waals surface area contributed by atoms with Crippen LogP contribution in [0.15, 0.2) is 31.3 Å². The molecular formula is C18H27N3O3S. The molecule has 1 amide bonds. The Labute approximate surface area is 153 Å².